The van der Waals surface area contributed by atoms with Crippen molar-refractivity contribution in [2.45, 2.75) is 64.0 Å². The van der Waals surface area contributed by atoms with Gasteiger partial charge < -0.3 is 20.4 Å². The molecule has 1 aliphatic rings. The summed E-state index contributed by atoms with van der Waals surface area (Å²) in [6.45, 7) is 4.34. The van der Waals surface area contributed by atoms with Crippen LogP contribution in [0.3, 0.4) is 0 Å². The number of hydrogen-bond acceptors (Lipinski definition) is 3. The molecule has 6 nitrogen and oxygen atoms in total. The van der Waals surface area contributed by atoms with Gasteiger partial charge in [0.25, 0.3) is 0 Å². The number of rotatable bonds is 7. The van der Waals surface area contributed by atoms with Gasteiger partial charge in [0, 0.05) is 19.2 Å². The number of carboxylic acid groups (broad SMARTS) is 1. The van der Waals surface area contributed by atoms with Gasteiger partial charge in [0.1, 0.15) is 0 Å². The smallest absolute Gasteiger partial charge is 0.318 e. The Kier molecular flexibility index (Phi) is 6.26. The molecule has 20 heavy (non-hydrogen) atoms. The van der Waals surface area contributed by atoms with Crippen molar-refractivity contribution < 1.29 is 19.8 Å². The second-order valence-corrected chi connectivity index (χ2v) is 5.85. The van der Waals surface area contributed by atoms with Crippen LogP contribution in [0.4, 0.5) is 4.79 Å². The predicted octanol–water partition coefficient (Wildman–Crippen LogP) is 1.58. The first-order valence-corrected chi connectivity index (χ1v) is 7.32. The minimum Gasteiger partial charge on any atom is -0.481 e. The standard InChI is InChI=1S/C14H26N2O4/c1-11(2)16(8-5-9-17)13(20)15-14(10-12(18)19)6-3-4-7-14/h11,17H,3-10H2,1-2H3,(H,15,20)(H,18,19). The highest BCUT2D eigenvalue weighted by Gasteiger charge is 2.38. The van der Waals surface area contributed by atoms with E-state index in [2.05, 4.69) is 5.32 Å². The zero-order valence-corrected chi connectivity index (χ0v) is 12.4. The van der Waals surface area contributed by atoms with Crippen molar-refractivity contribution in [3.05, 3.63) is 0 Å². The van der Waals surface area contributed by atoms with Gasteiger partial charge in [-0.05, 0) is 33.1 Å². The van der Waals surface area contributed by atoms with Crippen LogP contribution in [0.1, 0.15) is 52.4 Å². The van der Waals surface area contributed by atoms with Crippen LogP contribution in [0.25, 0.3) is 0 Å². The number of carboxylic acids is 1. The molecule has 1 rings (SSSR count). The molecule has 0 radical (unpaired) electrons. The van der Waals surface area contributed by atoms with Gasteiger partial charge in [-0.25, -0.2) is 4.79 Å². The summed E-state index contributed by atoms with van der Waals surface area (Å²) < 4.78 is 0. The maximum atomic E-state index is 12.4. The second kappa shape index (κ2) is 7.47. The van der Waals surface area contributed by atoms with Crippen molar-refractivity contribution in [1.82, 2.24) is 10.2 Å². The molecular weight excluding hydrogens is 260 g/mol. The van der Waals surface area contributed by atoms with Gasteiger partial charge in [-0.2, -0.15) is 0 Å². The van der Waals surface area contributed by atoms with E-state index in [9.17, 15) is 9.59 Å². The van der Waals surface area contributed by atoms with Gasteiger partial charge in [-0.3, -0.25) is 4.79 Å². The molecule has 0 heterocycles. The van der Waals surface area contributed by atoms with Crippen molar-refractivity contribution >= 4 is 12.0 Å². The first kappa shape index (κ1) is 16.8. The van der Waals surface area contributed by atoms with E-state index >= 15 is 0 Å². The lowest BCUT2D eigenvalue weighted by molar-refractivity contribution is -0.138. The van der Waals surface area contributed by atoms with Crippen molar-refractivity contribution in [3.63, 3.8) is 0 Å². The number of carbonyl (C=O) groups excluding carboxylic acids is 1. The van der Waals surface area contributed by atoms with Gasteiger partial charge in [0.05, 0.1) is 12.0 Å². The molecule has 0 aromatic rings. The van der Waals surface area contributed by atoms with Gasteiger partial charge in [-0.1, -0.05) is 12.8 Å². The van der Waals surface area contributed by atoms with Crippen LogP contribution >= 0.6 is 0 Å². The highest BCUT2D eigenvalue weighted by atomic mass is 16.4. The molecule has 1 fully saturated rings. The third-order valence-electron chi connectivity index (χ3n) is 3.86. The lowest BCUT2D eigenvalue weighted by Gasteiger charge is -2.34. The number of hydrogen-bond donors (Lipinski definition) is 3. The van der Waals surface area contributed by atoms with Crippen LogP contribution in [0, 0.1) is 0 Å². The van der Waals surface area contributed by atoms with Crippen molar-refractivity contribution in [1.29, 1.82) is 0 Å². The summed E-state index contributed by atoms with van der Waals surface area (Å²) in [4.78, 5) is 25.0. The minimum atomic E-state index is -0.876. The van der Waals surface area contributed by atoms with Crippen LogP contribution in [-0.4, -0.2) is 51.8 Å². The fraction of sp³-hybridized carbons (Fsp3) is 0.857. The maximum absolute atomic E-state index is 12.4. The van der Waals surface area contributed by atoms with Gasteiger partial charge in [-0.15, -0.1) is 0 Å². The second-order valence-electron chi connectivity index (χ2n) is 5.85. The Balaban J connectivity index is 2.70. The summed E-state index contributed by atoms with van der Waals surface area (Å²) >= 11 is 0. The quantitative estimate of drug-likeness (QED) is 0.662. The SMILES string of the molecule is CC(C)N(CCCO)C(=O)NC1(CC(=O)O)CCCC1. The van der Waals surface area contributed by atoms with E-state index < -0.39 is 11.5 Å². The average molecular weight is 286 g/mol. The molecule has 0 aromatic carbocycles. The number of aliphatic hydroxyl groups excluding tert-OH is 1. The molecule has 0 saturated heterocycles. The summed E-state index contributed by atoms with van der Waals surface area (Å²) in [5.41, 5.74) is -0.602. The number of amides is 2. The van der Waals surface area contributed by atoms with E-state index in [0.29, 0.717) is 13.0 Å². The van der Waals surface area contributed by atoms with Gasteiger partial charge in [0.2, 0.25) is 0 Å². The van der Waals surface area contributed by atoms with Crippen LogP contribution in [0.2, 0.25) is 0 Å². The highest BCUT2D eigenvalue weighted by molar-refractivity contribution is 5.77. The molecular formula is C14H26N2O4. The zero-order chi connectivity index (χ0) is 15.2. The van der Waals surface area contributed by atoms with Crippen LogP contribution in [-0.2, 0) is 4.79 Å². The molecule has 3 N–H and O–H groups in total. The first-order chi connectivity index (χ1) is 9.40. The molecule has 1 aliphatic carbocycles. The van der Waals surface area contributed by atoms with Crippen LogP contribution in [0.5, 0.6) is 0 Å². The van der Waals surface area contributed by atoms with Crippen LogP contribution < -0.4 is 5.32 Å². The van der Waals surface area contributed by atoms with E-state index in [0.717, 1.165) is 25.7 Å². The lowest BCUT2D eigenvalue weighted by atomic mass is 9.93. The van der Waals surface area contributed by atoms with E-state index in [1.54, 1.807) is 4.90 Å². The molecule has 0 spiro atoms. The van der Waals surface area contributed by atoms with Crippen molar-refractivity contribution in [2.24, 2.45) is 0 Å². The van der Waals surface area contributed by atoms with E-state index in [1.807, 2.05) is 13.8 Å². The summed E-state index contributed by atoms with van der Waals surface area (Å²) in [5, 5.41) is 20.9. The Labute approximate surface area is 120 Å². The molecule has 116 valence electrons. The Morgan fingerprint density at radius 3 is 2.35 bits per heavy atom. The largest absolute Gasteiger partial charge is 0.481 e. The fourth-order valence-corrected chi connectivity index (χ4v) is 2.82. The normalized spacial score (nSPS) is 17.2. The summed E-state index contributed by atoms with van der Waals surface area (Å²) in [6, 6.07) is -0.207. The van der Waals surface area contributed by atoms with Crippen LogP contribution in [0.15, 0.2) is 0 Å². The Bertz CT molecular complexity index is 338. The Morgan fingerprint density at radius 2 is 1.90 bits per heavy atom. The molecule has 0 aliphatic heterocycles. The lowest BCUT2D eigenvalue weighted by Crippen LogP contribution is -2.54. The summed E-state index contributed by atoms with van der Waals surface area (Å²) in [7, 11) is 0. The Morgan fingerprint density at radius 1 is 1.30 bits per heavy atom. The molecule has 0 unspecified atom stereocenters. The number of nitrogens with one attached hydrogen (secondary N) is 1. The number of urea groups is 1. The number of nitrogens with zero attached hydrogens (tertiary/aromatic N) is 1. The number of aliphatic carboxylic acids is 1. The molecule has 1 saturated carbocycles. The first-order valence-electron chi connectivity index (χ1n) is 7.32. The topological polar surface area (TPSA) is 89.9 Å². The van der Waals surface area contributed by atoms with Crippen molar-refractivity contribution in [3.8, 4) is 0 Å². The number of carbonyl (C=O) groups is 2. The predicted molar refractivity (Wildman–Crippen MR) is 75.5 cm³/mol. The third kappa shape index (κ3) is 4.67. The monoisotopic (exact) mass is 286 g/mol. The van der Waals surface area contributed by atoms with E-state index in [-0.39, 0.29) is 25.1 Å². The molecule has 0 atom stereocenters. The number of aliphatic hydroxyl groups is 1. The van der Waals surface area contributed by atoms with Crippen molar-refractivity contribution in [2.75, 3.05) is 13.2 Å². The van der Waals surface area contributed by atoms with E-state index in [4.69, 9.17) is 10.2 Å². The fourth-order valence-electron chi connectivity index (χ4n) is 2.82. The van der Waals surface area contributed by atoms with Gasteiger partial charge in [0.15, 0.2) is 0 Å². The maximum Gasteiger partial charge on any atom is 0.318 e. The molecule has 0 aromatic heterocycles. The summed E-state index contributed by atoms with van der Waals surface area (Å²) in [6.07, 6.45) is 3.84. The molecule has 0 bridgehead atoms. The Hall–Kier alpha value is -1.30. The zero-order valence-electron chi connectivity index (χ0n) is 12.4. The highest BCUT2D eigenvalue weighted by Crippen LogP contribution is 2.32. The minimum absolute atomic E-state index is 0.0184. The van der Waals surface area contributed by atoms with Gasteiger partial charge >= 0.3 is 12.0 Å². The third-order valence-corrected chi connectivity index (χ3v) is 3.86. The van der Waals surface area contributed by atoms with E-state index in [1.165, 1.54) is 0 Å². The average Bonchev–Trinajstić information content (AvgIpc) is 2.76. The summed E-state index contributed by atoms with van der Waals surface area (Å²) in [5.74, 6) is -0.876. The molecule has 6 heteroatoms. The molecule has 2 amide bonds.